The van der Waals surface area contributed by atoms with Crippen LogP contribution < -0.4 is 11.3 Å². The first-order valence-corrected chi connectivity index (χ1v) is 6.92. The van der Waals surface area contributed by atoms with Crippen molar-refractivity contribution in [3.05, 3.63) is 56.2 Å². The summed E-state index contributed by atoms with van der Waals surface area (Å²) in [5, 5.41) is 1.94. The van der Waals surface area contributed by atoms with E-state index in [0.29, 0.717) is 12.0 Å². The predicted molar refractivity (Wildman–Crippen MR) is 72.1 cm³/mol. The van der Waals surface area contributed by atoms with E-state index in [1.165, 1.54) is 12.1 Å². The van der Waals surface area contributed by atoms with Crippen molar-refractivity contribution < 1.29 is 8.78 Å². The molecule has 0 saturated carbocycles. The molecule has 0 bridgehead atoms. The molecule has 2 aromatic rings. The third kappa shape index (κ3) is 2.95. The summed E-state index contributed by atoms with van der Waals surface area (Å²) in [5.74, 6) is 4.27. The number of hydrazine groups is 1. The Bertz CT molecular complexity index is 545. The minimum absolute atomic E-state index is 0.360. The molecule has 0 spiro atoms. The third-order valence-electron chi connectivity index (χ3n) is 2.62. The highest BCUT2D eigenvalue weighted by molar-refractivity contribution is 9.10. The maximum atomic E-state index is 13.7. The second kappa shape index (κ2) is 5.88. The Kier molecular flexibility index (Phi) is 4.45. The van der Waals surface area contributed by atoms with Gasteiger partial charge in [-0.3, -0.25) is 11.3 Å². The number of hydrogen-bond donors (Lipinski definition) is 2. The summed E-state index contributed by atoms with van der Waals surface area (Å²) in [5.41, 5.74) is 2.93. The van der Waals surface area contributed by atoms with Gasteiger partial charge in [0, 0.05) is 27.4 Å². The average molecular weight is 333 g/mol. The van der Waals surface area contributed by atoms with E-state index in [0.717, 1.165) is 15.4 Å². The zero-order valence-corrected chi connectivity index (χ0v) is 11.7. The van der Waals surface area contributed by atoms with E-state index in [1.807, 2.05) is 11.4 Å². The van der Waals surface area contributed by atoms with Crippen LogP contribution in [0.1, 0.15) is 16.5 Å². The maximum Gasteiger partial charge on any atom is 0.130 e. The number of thiophene rings is 1. The Morgan fingerprint density at radius 2 is 2.11 bits per heavy atom. The number of halogens is 3. The largest absolute Gasteiger partial charge is 0.271 e. The van der Waals surface area contributed by atoms with Crippen LogP contribution in [0.25, 0.3) is 0 Å². The van der Waals surface area contributed by atoms with Crippen LogP contribution in [0.2, 0.25) is 0 Å². The molecule has 0 aliphatic heterocycles. The van der Waals surface area contributed by atoms with Crippen LogP contribution in [0, 0.1) is 11.6 Å². The van der Waals surface area contributed by atoms with Crippen molar-refractivity contribution in [2.45, 2.75) is 12.5 Å². The summed E-state index contributed by atoms with van der Waals surface area (Å²) < 4.78 is 27.5. The molecule has 0 radical (unpaired) electrons. The lowest BCUT2D eigenvalue weighted by molar-refractivity contribution is 0.504. The molecule has 1 unspecified atom stereocenters. The van der Waals surface area contributed by atoms with E-state index in [-0.39, 0.29) is 6.04 Å². The molecule has 0 aliphatic rings. The summed E-state index contributed by atoms with van der Waals surface area (Å²) in [6.45, 7) is 0. The molecule has 0 fully saturated rings. The van der Waals surface area contributed by atoms with E-state index in [2.05, 4.69) is 21.4 Å². The summed E-state index contributed by atoms with van der Waals surface area (Å²) in [7, 11) is 0. The molecular formula is C12H11BrF2N2S. The molecule has 96 valence electrons. The van der Waals surface area contributed by atoms with Crippen molar-refractivity contribution in [2.24, 2.45) is 5.84 Å². The summed E-state index contributed by atoms with van der Waals surface area (Å²) >= 11 is 4.97. The topological polar surface area (TPSA) is 38.0 Å². The molecule has 0 aliphatic carbocycles. The minimum atomic E-state index is -0.593. The highest BCUT2D eigenvalue weighted by Gasteiger charge is 2.17. The Morgan fingerprint density at radius 3 is 2.67 bits per heavy atom. The number of rotatable bonds is 4. The average Bonchev–Trinajstić information content (AvgIpc) is 2.73. The molecule has 0 saturated heterocycles. The second-order valence-corrected chi connectivity index (χ2v) is 5.64. The summed E-state index contributed by atoms with van der Waals surface area (Å²) in [6.07, 6.45) is 0.539. The molecule has 6 heteroatoms. The van der Waals surface area contributed by atoms with Gasteiger partial charge in [-0.15, -0.1) is 11.3 Å². The molecule has 2 rings (SSSR count). The first-order chi connectivity index (χ1) is 8.61. The van der Waals surface area contributed by atoms with Gasteiger partial charge in [-0.25, -0.2) is 8.78 Å². The lowest BCUT2D eigenvalue weighted by Gasteiger charge is -2.16. The number of benzene rings is 1. The smallest absolute Gasteiger partial charge is 0.130 e. The lowest BCUT2D eigenvalue weighted by atomic mass is 10.0. The van der Waals surface area contributed by atoms with Crippen molar-refractivity contribution in [3.63, 3.8) is 0 Å². The number of hydrogen-bond acceptors (Lipinski definition) is 3. The van der Waals surface area contributed by atoms with Crippen LogP contribution in [0.3, 0.4) is 0 Å². The molecule has 18 heavy (non-hydrogen) atoms. The van der Waals surface area contributed by atoms with Crippen LogP contribution in [0.5, 0.6) is 0 Å². The van der Waals surface area contributed by atoms with Crippen LogP contribution in [0.15, 0.2) is 34.1 Å². The van der Waals surface area contributed by atoms with Gasteiger partial charge in [0.25, 0.3) is 0 Å². The van der Waals surface area contributed by atoms with Gasteiger partial charge >= 0.3 is 0 Å². The number of nitrogens with one attached hydrogen (secondary N) is 1. The van der Waals surface area contributed by atoms with Crippen LogP contribution in [0.4, 0.5) is 8.78 Å². The lowest BCUT2D eigenvalue weighted by Crippen LogP contribution is -2.30. The van der Waals surface area contributed by atoms with Gasteiger partial charge in [-0.2, -0.15) is 0 Å². The molecule has 2 nitrogen and oxygen atoms in total. The Balaban J connectivity index is 2.26. The van der Waals surface area contributed by atoms with E-state index in [9.17, 15) is 8.78 Å². The van der Waals surface area contributed by atoms with E-state index >= 15 is 0 Å². The molecular weight excluding hydrogens is 322 g/mol. The fraction of sp³-hybridized carbons (Fsp3) is 0.167. The number of nitrogens with two attached hydrogens (primary N) is 1. The van der Waals surface area contributed by atoms with Crippen molar-refractivity contribution >= 4 is 27.3 Å². The van der Waals surface area contributed by atoms with Gasteiger partial charge in [0.2, 0.25) is 0 Å². The molecule has 0 amide bonds. The summed E-state index contributed by atoms with van der Waals surface area (Å²) in [4.78, 5) is 1.06. The third-order valence-corrected chi connectivity index (χ3v) is 4.57. The monoisotopic (exact) mass is 332 g/mol. The zero-order chi connectivity index (χ0) is 13.1. The van der Waals surface area contributed by atoms with Crippen molar-refractivity contribution in [3.8, 4) is 0 Å². The maximum absolute atomic E-state index is 13.7. The fourth-order valence-corrected chi connectivity index (χ4v) is 3.26. The van der Waals surface area contributed by atoms with Gasteiger partial charge in [-0.1, -0.05) is 6.07 Å². The standard InChI is InChI=1S/C12H11BrF2N2S/c13-9-3-4-18-12(9)6-11(17-16)8-2-1-7(14)5-10(8)15/h1-5,11,17H,6,16H2. The van der Waals surface area contributed by atoms with Gasteiger partial charge in [0.05, 0.1) is 6.04 Å². The molecule has 1 aromatic carbocycles. The van der Waals surface area contributed by atoms with Crippen LogP contribution >= 0.6 is 27.3 Å². The zero-order valence-electron chi connectivity index (χ0n) is 9.29. The van der Waals surface area contributed by atoms with Gasteiger partial charge in [0.15, 0.2) is 0 Å². The second-order valence-electron chi connectivity index (χ2n) is 3.78. The van der Waals surface area contributed by atoms with Gasteiger partial charge in [-0.05, 0) is 33.4 Å². The first-order valence-electron chi connectivity index (χ1n) is 5.24. The van der Waals surface area contributed by atoms with Gasteiger partial charge in [0.1, 0.15) is 11.6 Å². The first kappa shape index (κ1) is 13.6. The molecule has 1 atom stereocenters. The van der Waals surface area contributed by atoms with Crippen molar-refractivity contribution in [2.75, 3.05) is 0 Å². The quantitative estimate of drug-likeness (QED) is 0.663. The minimum Gasteiger partial charge on any atom is -0.271 e. The van der Waals surface area contributed by atoms with E-state index < -0.39 is 11.6 Å². The molecule has 3 N–H and O–H groups in total. The molecule has 1 heterocycles. The van der Waals surface area contributed by atoms with Crippen LogP contribution in [-0.2, 0) is 6.42 Å². The normalized spacial score (nSPS) is 12.7. The highest BCUT2D eigenvalue weighted by atomic mass is 79.9. The Morgan fingerprint density at radius 1 is 1.33 bits per heavy atom. The highest BCUT2D eigenvalue weighted by Crippen LogP contribution is 2.29. The SMILES string of the molecule is NNC(Cc1sccc1Br)c1ccc(F)cc1F. The van der Waals surface area contributed by atoms with Gasteiger partial charge < -0.3 is 0 Å². The Labute approximate surface area is 116 Å². The van der Waals surface area contributed by atoms with Crippen molar-refractivity contribution in [1.29, 1.82) is 0 Å². The van der Waals surface area contributed by atoms with E-state index in [1.54, 1.807) is 11.3 Å². The van der Waals surface area contributed by atoms with Crippen molar-refractivity contribution in [1.82, 2.24) is 5.43 Å². The van der Waals surface area contributed by atoms with Crippen LogP contribution in [-0.4, -0.2) is 0 Å². The predicted octanol–water partition coefficient (Wildman–Crippen LogP) is 3.54. The van der Waals surface area contributed by atoms with E-state index in [4.69, 9.17) is 5.84 Å². The fourth-order valence-electron chi connectivity index (χ4n) is 1.70. The summed E-state index contributed by atoms with van der Waals surface area (Å²) in [6, 6.07) is 5.04. The Hall–Kier alpha value is -0.820. The molecule has 1 aromatic heterocycles.